The molecule has 15 heavy (non-hydrogen) atoms. The number of hydrogen-bond acceptors (Lipinski definition) is 2. The standard InChI is InChI=1S/C10H15NO2.C2H6.H2/c1-2-3-4-7-11-10(12)9-6-5-8-13-9;1-2;/h5-6,8H,2-4,7H2,1H3,(H,11,12);1-2H3;1H. The summed E-state index contributed by atoms with van der Waals surface area (Å²) in [7, 11) is 0. The third-order valence-electron chi connectivity index (χ3n) is 1.81. The first-order chi connectivity index (χ1) is 7.34. The van der Waals surface area contributed by atoms with Gasteiger partial charge in [0.25, 0.3) is 5.91 Å². The van der Waals surface area contributed by atoms with E-state index in [1.165, 1.54) is 6.26 Å². The molecule has 1 N–H and O–H groups in total. The number of hydrogen-bond donors (Lipinski definition) is 1. The first-order valence-corrected chi connectivity index (χ1v) is 5.66. The Balaban J connectivity index is 0. The van der Waals surface area contributed by atoms with Crippen molar-refractivity contribution >= 4 is 5.91 Å². The molecule has 3 nitrogen and oxygen atoms in total. The normalized spacial score (nSPS) is 9.00. The maximum absolute atomic E-state index is 11.3. The van der Waals surface area contributed by atoms with Gasteiger partial charge in [-0.1, -0.05) is 33.6 Å². The minimum absolute atomic E-state index is 0. The number of carbonyl (C=O) groups is 1. The van der Waals surface area contributed by atoms with E-state index in [1.807, 2.05) is 13.8 Å². The zero-order chi connectivity index (χ0) is 11.5. The zero-order valence-corrected chi connectivity index (χ0v) is 9.88. The number of nitrogens with one attached hydrogen (secondary N) is 1. The van der Waals surface area contributed by atoms with Crippen LogP contribution in [0, 0.1) is 0 Å². The minimum atomic E-state index is -0.124. The summed E-state index contributed by atoms with van der Waals surface area (Å²) in [6.07, 6.45) is 4.85. The molecule has 0 aliphatic rings. The predicted octanol–water partition coefficient (Wildman–Crippen LogP) is 3.47. The topological polar surface area (TPSA) is 42.2 Å². The van der Waals surface area contributed by atoms with Crippen molar-refractivity contribution in [2.24, 2.45) is 0 Å². The summed E-state index contributed by atoms with van der Waals surface area (Å²) in [5, 5.41) is 2.79. The molecule has 1 heterocycles. The van der Waals surface area contributed by atoms with E-state index in [4.69, 9.17) is 4.42 Å². The van der Waals surface area contributed by atoms with Crippen molar-refractivity contribution in [1.82, 2.24) is 5.32 Å². The summed E-state index contributed by atoms with van der Waals surface area (Å²) >= 11 is 0. The number of unbranched alkanes of at least 4 members (excludes halogenated alkanes) is 2. The quantitative estimate of drug-likeness (QED) is 0.761. The molecule has 1 rings (SSSR count). The molecule has 0 aliphatic carbocycles. The monoisotopic (exact) mass is 213 g/mol. The van der Waals surface area contributed by atoms with Crippen molar-refractivity contribution in [2.75, 3.05) is 6.54 Å². The Morgan fingerprint density at radius 2 is 2.20 bits per heavy atom. The van der Waals surface area contributed by atoms with Gasteiger partial charge in [0, 0.05) is 7.97 Å². The van der Waals surface area contributed by atoms with Crippen LogP contribution in [0.5, 0.6) is 0 Å². The number of furan rings is 1. The van der Waals surface area contributed by atoms with Gasteiger partial charge < -0.3 is 9.73 Å². The molecule has 0 spiro atoms. The zero-order valence-electron chi connectivity index (χ0n) is 9.88. The van der Waals surface area contributed by atoms with Crippen molar-refractivity contribution in [3.8, 4) is 0 Å². The fourth-order valence-electron chi connectivity index (χ4n) is 1.07. The molecule has 0 saturated heterocycles. The lowest BCUT2D eigenvalue weighted by atomic mass is 10.2. The van der Waals surface area contributed by atoms with Crippen molar-refractivity contribution in [1.29, 1.82) is 0 Å². The molecule has 0 aromatic carbocycles. The van der Waals surface area contributed by atoms with Crippen LogP contribution in [-0.4, -0.2) is 12.5 Å². The van der Waals surface area contributed by atoms with Gasteiger partial charge in [-0.15, -0.1) is 0 Å². The summed E-state index contributed by atoms with van der Waals surface area (Å²) in [6, 6.07) is 3.37. The summed E-state index contributed by atoms with van der Waals surface area (Å²) in [6.45, 7) is 6.86. The molecule has 0 aliphatic heterocycles. The van der Waals surface area contributed by atoms with E-state index in [9.17, 15) is 4.79 Å². The lowest BCUT2D eigenvalue weighted by Gasteiger charge is -2.01. The molecule has 3 heteroatoms. The van der Waals surface area contributed by atoms with E-state index in [1.54, 1.807) is 12.1 Å². The maximum atomic E-state index is 11.3. The summed E-state index contributed by atoms with van der Waals surface area (Å²) in [5.41, 5.74) is 0. The van der Waals surface area contributed by atoms with Crippen LogP contribution in [0.25, 0.3) is 0 Å². The maximum Gasteiger partial charge on any atom is 0.286 e. The fourth-order valence-corrected chi connectivity index (χ4v) is 1.07. The third-order valence-corrected chi connectivity index (χ3v) is 1.81. The smallest absolute Gasteiger partial charge is 0.286 e. The van der Waals surface area contributed by atoms with Crippen LogP contribution in [0.1, 0.15) is 52.0 Å². The van der Waals surface area contributed by atoms with Gasteiger partial charge in [0.2, 0.25) is 0 Å². The van der Waals surface area contributed by atoms with Crippen LogP contribution in [0.2, 0.25) is 0 Å². The molecule has 0 radical (unpaired) electrons. The lowest BCUT2D eigenvalue weighted by molar-refractivity contribution is 0.0925. The Bertz CT molecular complexity index is 248. The van der Waals surface area contributed by atoms with Crippen molar-refractivity contribution < 1.29 is 10.6 Å². The summed E-state index contributed by atoms with van der Waals surface area (Å²) in [5.74, 6) is 0.262. The highest BCUT2D eigenvalue weighted by Crippen LogP contribution is 1.99. The molecule has 0 unspecified atom stereocenters. The molecular weight excluding hydrogens is 190 g/mol. The molecule has 0 bridgehead atoms. The van der Waals surface area contributed by atoms with E-state index in [-0.39, 0.29) is 7.33 Å². The second kappa shape index (κ2) is 9.31. The van der Waals surface area contributed by atoms with Crippen molar-refractivity contribution in [3.63, 3.8) is 0 Å². The Morgan fingerprint density at radius 1 is 1.47 bits per heavy atom. The van der Waals surface area contributed by atoms with Crippen molar-refractivity contribution in [3.05, 3.63) is 24.2 Å². The van der Waals surface area contributed by atoms with E-state index in [0.717, 1.165) is 25.8 Å². The molecule has 0 saturated carbocycles. The molecule has 1 aromatic heterocycles. The van der Waals surface area contributed by atoms with E-state index in [2.05, 4.69) is 12.2 Å². The molecule has 0 atom stereocenters. The molecular formula is C12H23NO2. The van der Waals surface area contributed by atoms with Gasteiger partial charge in [-0.25, -0.2) is 0 Å². The number of amides is 1. The predicted molar refractivity (Wildman–Crippen MR) is 64.0 cm³/mol. The van der Waals surface area contributed by atoms with Crippen LogP contribution >= 0.6 is 0 Å². The third kappa shape index (κ3) is 5.94. The van der Waals surface area contributed by atoms with Crippen LogP contribution in [0.4, 0.5) is 0 Å². The number of carbonyl (C=O) groups excluding carboxylic acids is 1. The van der Waals surface area contributed by atoms with Gasteiger partial charge in [-0.2, -0.15) is 0 Å². The van der Waals surface area contributed by atoms with Crippen molar-refractivity contribution in [2.45, 2.75) is 40.0 Å². The van der Waals surface area contributed by atoms with Gasteiger partial charge in [-0.3, -0.25) is 4.79 Å². The van der Waals surface area contributed by atoms with Crippen LogP contribution in [-0.2, 0) is 0 Å². The number of rotatable bonds is 5. The Hall–Kier alpha value is -1.25. The van der Waals surface area contributed by atoms with Crippen LogP contribution in [0.3, 0.4) is 0 Å². The Morgan fingerprint density at radius 3 is 2.73 bits per heavy atom. The minimum Gasteiger partial charge on any atom is -0.459 e. The average Bonchev–Trinajstić information content (AvgIpc) is 2.80. The van der Waals surface area contributed by atoms with Crippen LogP contribution in [0.15, 0.2) is 22.8 Å². The van der Waals surface area contributed by atoms with Crippen LogP contribution < -0.4 is 5.32 Å². The largest absolute Gasteiger partial charge is 0.459 e. The van der Waals surface area contributed by atoms with Gasteiger partial charge >= 0.3 is 0 Å². The highest BCUT2D eigenvalue weighted by molar-refractivity contribution is 5.91. The summed E-state index contributed by atoms with van der Waals surface area (Å²) < 4.78 is 4.94. The van der Waals surface area contributed by atoms with Gasteiger partial charge in [0.1, 0.15) is 0 Å². The molecule has 1 aromatic rings. The molecule has 88 valence electrons. The highest BCUT2D eigenvalue weighted by atomic mass is 16.3. The summed E-state index contributed by atoms with van der Waals surface area (Å²) in [4.78, 5) is 11.3. The SMILES string of the molecule is CC.CCCCCNC(=O)c1ccco1.[HH]. The highest BCUT2D eigenvalue weighted by Gasteiger charge is 2.05. The average molecular weight is 213 g/mol. The van der Waals surface area contributed by atoms with E-state index < -0.39 is 0 Å². The van der Waals surface area contributed by atoms with Gasteiger partial charge in [0.15, 0.2) is 5.76 Å². The fraction of sp³-hybridized carbons (Fsp3) is 0.583. The Labute approximate surface area is 93.3 Å². The van der Waals surface area contributed by atoms with E-state index in [0.29, 0.717) is 5.76 Å². The molecule has 1 amide bonds. The van der Waals surface area contributed by atoms with E-state index >= 15 is 0 Å². The second-order valence-corrected chi connectivity index (χ2v) is 2.94. The lowest BCUT2D eigenvalue weighted by Crippen LogP contribution is -2.23. The second-order valence-electron chi connectivity index (χ2n) is 2.94. The molecule has 0 fully saturated rings. The Kier molecular flexibility index (Phi) is 8.53. The first-order valence-electron chi connectivity index (χ1n) is 5.66. The van der Waals surface area contributed by atoms with Gasteiger partial charge in [-0.05, 0) is 18.6 Å². The first kappa shape index (κ1) is 13.8. The van der Waals surface area contributed by atoms with Gasteiger partial charge in [0.05, 0.1) is 6.26 Å².